The van der Waals surface area contributed by atoms with Crippen LogP contribution in [-0.2, 0) is 9.63 Å². The number of oxime groups is 1. The van der Waals surface area contributed by atoms with Gasteiger partial charge in [0.2, 0.25) is 0 Å². The number of fused-ring (bicyclic) bond motifs is 1. The molecule has 4 rings (SSSR count). The Morgan fingerprint density at radius 1 is 1.08 bits per heavy atom. The highest BCUT2D eigenvalue weighted by Crippen LogP contribution is 2.27. The number of nitrogens with zero attached hydrogens (tertiary/aromatic N) is 2. The number of amides is 1. The van der Waals surface area contributed by atoms with Crippen LogP contribution in [0.15, 0.2) is 72.0 Å². The van der Waals surface area contributed by atoms with Crippen molar-refractivity contribution in [1.82, 2.24) is 4.98 Å². The standard InChI is InChI=1S/C19H15N3O2/c23-19(17-12-18(24-22-17)13-5-2-1-3-6-13)21-15-8-9-16-14(11-15)7-4-10-20-16/h1-11,18H,12H2,(H,21,23). The van der Waals surface area contributed by atoms with Gasteiger partial charge in [-0.15, -0.1) is 0 Å². The fourth-order valence-electron chi connectivity index (χ4n) is 2.71. The van der Waals surface area contributed by atoms with Gasteiger partial charge in [-0.3, -0.25) is 9.78 Å². The number of aromatic nitrogens is 1. The third kappa shape index (κ3) is 2.84. The number of carbonyl (C=O) groups is 1. The highest BCUT2D eigenvalue weighted by molar-refractivity contribution is 6.43. The predicted octanol–water partition coefficient (Wildman–Crippen LogP) is 3.69. The second kappa shape index (κ2) is 6.12. The maximum atomic E-state index is 12.4. The van der Waals surface area contributed by atoms with Gasteiger partial charge < -0.3 is 10.2 Å². The number of pyridine rings is 1. The average molecular weight is 317 g/mol. The molecule has 1 unspecified atom stereocenters. The average Bonchev–Trinajstić information content (AvgIpc) is 3.13. The van der Waals surface area contributed by atoms with Crippen LogP contribution in [-0.4, -0.2) is 16.6 Å². The van der Waals surface area contributed by atoms with Gasteiger partial charge in [0.15, 0.2) is 6.10 Å². The number of anilines is 1. The van der Waals surface area contributed by atoms with Gasteiger partial charge in [0, 0.05) is 23.7 Å². The molecule has 2 heterocycles. The summed E-state index contributed by atoms with van der Waals surface area (Å²) in [5, 5.41) is 7.79. The Morgan fingerprint density at radius 3 is 2.83 bits per heavy atom. The number of rotatable bonds is 3. The minimum atomic E-state index is -0.239. The number of carbonyl (C=O) groups excluding carboxylic acids is 1. The molecule has 1 amide bonds. The lowest BCUT2D eigenvalue weighted by molar-refractivity contribution is -0.110. The fraction of sp³-hybridized carbons (Fsp3) is 0.105. The normalized spacial score (nSPS) is 16.5. The third-order valence-corrected chi connectivity index (χ3v) is 3.96. The van der Waals surface area contributed by atoms with E-state index < -0.39 is 0 Å². The van der Waals surface area contributed by atoms with E-state index in [1.165, 1.54) is 0 Å². The lowest BCUT2D eigenvalue weighted by Crippen LogP contribution is -2.21. The summed E-state index contributed by atoms with van der Waals surface area (Å²) in [5.41, 5.74) is 3.02. The minimum absolute atomic E-state index is 0.201. The van der Waals surface area contributed by atoms with Gasteiger partial charge in [-0.2, -0.15) is 0 Å². The molecule has 118 valence electrons. The van der Waals surface area contributed by atoms with Crippen molar-refractivity contribution >= 4 is 28.2 Å². The molecular weight excluding hydrogens is 302 g/mol. The molecule has 1 aromatic heterocycles. The van der Waals surface area contributed by atoms with E-state index in [2.05, 4.69) is 15.5 Å². The molecule has 2 aromatic carbocycles. The zero-order valence-corrected chi connectivity index (χ0v) is 12.8. The lowest BCUT2D eigenvalue weighted by Gasteiger charge is -2.08. The molecule has 0 radical (unpaired) electrons. The van der Waals surface area contributed by atoms with E-state index in [1.807, 2.05) is 60.7 Å². The Labute approximate surface area is 139 Å². The number of nitrogens with one attached hydrogen (secondary N) is 1. The van der Waals surface area contributed by atoms with Gasteiger partial charge in [-0.05, 0) is 29.8 Å². The topological polar surface area (TPSA) is 63.6 Å². The van der Waals surface area contributed by atoms with Crippen molar-refractivity contribution in [3.8, 4) is 0 Å². The summed E-state index contributed by atoms with van der Waals surface area (Å²) >= 11 is 0. The Morgan fingerprint density at radius 2 is 1.96 bits per heavy atom. The van der Waals surface area contributed by atoms with Crippen molar-refractivity contribution in [1.29, 1.82) is 0 Å². The van der Waals surface area contributed by atoms with Crippen LogP contribution in [0.3, 0.4) is 0 Å². The molecule has 0 saturated heterocycles. The molecule has 0 saturated carbocycles. The Kier molecular flexibility index (Phi) is 3.67. The van der Waals surface area contributed by atoms with Crippen LogP contribution >= 0.6 is 0 Å². The van der Waals surface area contributed by atoms with Crippen LogP contribution in [0.25, 0.3) is 10.9 Å². The van der Waals surface area contributed by atoms with Crippen molar-refractivity contribution < 1.29 is 9.63 Å². The van der Waals surface area contributed by atoms with Gasteiger partial charge in [0.05, 0.1) is 5.52 Å². The summed E-state index contributed by atoms with van der Waals surface area (Å²) in [7, 11) is 0. The van der Waals surface area contributed by atoms with Crippen molar-refractivity contribution in [3.05, 3.63) is 72.4 Å². The zero-order chi connectivity index (χ0) is 16.4. The Balaban J connectivity index is 1.46. The van der Waals surface area contributed by atoms with Crippen LogP contribution in [0.2, 0.25) is 0 Å². The minimum Gasteiger partial charge on any atom is -0.387 e. The van der Waals surface area contributed by atoms with Crippen molar-refractivity contribution in [2.75, 3.05) is 5.32 Å². The summed E-state index contributed by atoms with van der Waals surface area (Å²) in [4.78, 5) is 22.1. The molecule has 0 aliphatic carbocycles. The molecule has 3 aromatic rings. The van der Waals surface area contributed by atoms with E-state index in [9.17, 15) is 4.79 Å². The highest BCUT2D eigenvalue weighted by atomic mass is 16.6. The van der Waals surface area contributed by atoms with Crippen molar-refractivity contribution in [2.24, 2.45) is 5.16 Å². The molecular formula is C19H15N3O2. The molecule has 5 nitrogen and oxygen atoms in total. The summed E-state index contributed by atoms with van der Waals surface area (Å²) < 4.78 is 0. The molecule has 24 heavy (non-hydrogen) atoms. The van der Waals surface area contributed by atoms with Gasteiger partial charge in [-0.1, -0.05) is 41.6 Å². The van der Waals surface area contributed by atoms with Gasteiger partial charge in [0.25, 0.3) is 5.91 Å². The lowest BCUT2D eigenvalue weighted by atomic mass is 10.0. The maximum absolute atomic E-state index is 12.4. The van der Waals surface area contributed by atoms with Crippen LogP contribution < -0.4 is 5.32 Å². The third-order valence-electron chi connectivity index (χ3n) is 3.96. The molecule has 1 aliphatic rings. The number of hydrogen-bond acceptors (Lipinski definition) is 4. The fourth-order valence-corrected chi connectivity index (χ4v) is 2.71. The van der Waals surface area contributed by atoms with Gasteiger partial charge in [0.1, 0.15) is 5.71 Å². The first-order valence-corrected chi connectivity index (χ1v) is 7.73. The molecule has 5 heteroatoms. The second-order valence-electron chi connectivity index (χ2n) is 5.61. The van der Waals surface area contributed by atoms with E-state index in [4.69, 9.17) is 4.84 Å². The highest BCUT2D eigenvalue weighted by Gasteiger charge is 2.27. The van der Waals surface area contributed by atoms with Crippen LogP contribution in [0, 0.1) is 0 Å². The van der Waals surface area contributed by atoms with Gasteiger partial charge >= 0.3 is 0 Å². The number of hydrogen-bond donors (Lipinski definition) is 1. The first kappa shape index (κ1) is 14.4. The Hall–Kier alpha value is -3.21. The molecule has 0 bridgehead atoms. The first-order valence-electron chi connectivity index (χ1n) is 7.73. The van der Waals surface area contributed by atoms with E-state index in [-0.39, 0.29) is 12.0 Å². The molecule has 1 aliphatic heterocycles. The van der Waals surface area contributed by atoms with E-state index in [0.717, 1.165) is 16.5 Å². The Bertz CT molecular complexity index is 922. The quantitative estimate of drug-likeness (QED) is 0.801. The van der Waals surface area contributed by atoms with Crippen LogP contribution in [0.4, 0.5) is 5.69 Å². The monoisotopic (exact) mass is 317 g/mol. The summed E-state index contributed by atoms with van der Waals surface area (Å²) in [6.45, 7) is 0. The van der Waals surface area contributed by atoms with Crippen molar-refractivity contribution in [3.63, 3.8) is 0 Å². The summed E-state index contributed by atoms with van der Waals surface area (Å²) in [6.07, 6.45) is 2.01. The molecule has 1 atom stereocenters. The van der Waals surface area contributed by atoms with Gasteiger partial charge in [-0.25, -0.2) is 0 Å². The first-order chi connectivity index (χ1) is 11.8. The largest absolute Gasteiger partial charge is 0.387 e. The summed E-state index contributed by atoms with van der Waals surface area (Å²) in [6, 6.07) is 19.2. The van der Waals surface area contributed by atoms with E-state index in [1.54, 1.807) is 6.20 Å². The molecule has 0 spiro atoms. The SMILES string of the molecule is O=C(Nc1ccc2ncccc2c1)C1=NOC(c2ccccc2)C1. The van der Waals surface area contributed by atoms with Crippen LogP contribution in [0.5, 0.6) is 0 Å². The maximum Gasteiger partial charge on any atom is 0.273 e. The second-order valence-corrected chi connectivity index (χ2v) is 5.61. The zero-order valence-electron chi connectivity index (χ0n) is 12.8. The smallest absolute Gasteiger partial charge is 0.273 e. The molecule has 1 N–H and O–H groups in total. The van der Waals surface area contributed by atoms with Crippen molar-refractivity contribution in [2.45, 2.75) is 12.5 Å². The summed E-state index contributed by atoms with van der Waals surface area (Å²) in [5.74, 6) is -0.239. The predicted molar refractivity (Wildman–Crippen MR) is 92.7 cm³/mol. The molecule has 0 fully saturated rings. The van der Waals surface area contributed by atoms with Crippen LogP contribution in [0.1, 0.15) is 18.1 Å². The van der Waals surface area contributed by atoms with E-state index >= 15 is 0 Å². The number of benzene rings is 2. The van der Waals surface area contributed by atoms with E-state index in [0.29, 0.717) is 17.8 Å².